The number of carbonyl (C=O) groups is 1. The number of hydrogen-bond donors (Lipinski definition) is 1. The summed E-state index contributed by atoms with van der Waals surface area (Å²) in [5.74, 6) is -0.352. The number of amides is 1. The van der Waals surface area contributed by atoms with E-state index in [2.05, 4.69) is 5.32 Å². The highest BCUT2D eigenvalue weighted by molar-refractivity contribution is 7.08. The zero-order chi connectivity index (χ0) is 14.4. The van der Waals surface area contributed by atoms with Crippen LogP contribution in [-0.4, -0.2) is 5.91 Å². The lowest BCUT2D eigenvalue weighted by molar-refractivity contribution is -0.117. The summed E-state index contributed by atoms with van der Waals surface area (Å²) in [6.07, 6.45) is 1.60. The van der Waals surface area contributed by atoms with Crippen LogP contribution in [0.1, 0.15) is 24.1 Å². The molecule has 4 heteroatoms. The molecule has 0 aliphatic heterocycles. The van der Waals surface area contributed by atoms with E-state index in [0.29, 0.717) is 0 Å². The lowest BCUT2D eigenvalue weighted by atomic mass is 10.1. The molecule has 0 aliphatic carbocycles. The SMILES string of the molecule is C[C@H](NC(=O)/C(C#N)=C\c1ccsc1)c1ccccc1. The van der Waals surface area contributed by atoms with E-state index in [-0.39, 0.29) is 17.5 Å². The topological polar surface area (TPSA) is 52.9 Å². The number of rotatable bonds is 4. The first-order valence-corrected chi connectivity index (χ1v) is 7.15. The van der Waals surface area contributed by atoms with Crippen LogP contribution in [0.15, 0.2) is 52.7 Å². The number of nitriles is 1. The average molecular weight is 282 g/mol. The fraction of sp³-hybridized carbons (Fsp3) is 0.125. The number of benzene rings is 1. The van der Waals surface area contributed by atoms with E-state index in [0.717, 1.165) is 11.1 Å². The molecule has 1 aromatic carbocycles. The number of thiophene rings is 1. The Kier molecular flexibility index (Phi) is 4.70. The van der Waals surface area contributed by atoms with Gasteiger partial charge >= 0.3 is 0 Å². The van der Waals surface area contributed by atoms with Crippen molar-refractivity contribution in [1.82, 2.24) is 5.32 Å². The minimum atomic E-state index is -0.352. The summed E-state index contributed by atoms with van der Waals surface area (Å²) < 4.78 is 0. The summed E-state index contributed by atoms with van der Waals surface area (Å²) >= 11 is 1.53. The van der Waals surface area contributed by atoms with Gasteiger partial charge in [0.25, 0.3) is 5.91 Å². The fourth-order valence-corrected chi connectivity index (χ4v) is 2.39. The third-order valence-corrected chi connectivity index (χ3v) is 3.57. The Morgan fingerprint density at radius 3 is 2.70 bits per heavy atom. The Bertz CT molecular complexity index is 639. The third-order valence-electron chi connectivity index (χ3n) is 2.87. The minimum Gasteiger partial charge on any atom is -0.345 e. The van der Waals surface area contributed by atoms with Gasteiger partial charge in [0.2, 0.25) is 0 Å². The molecule has 0 bridgehead atoms. The molecule has 1 N–H and O–H groups in total. The van der Waals surface area contributed by atoms with Crippen LogP contribution in [0.5, 0.6) is 0 Å². The molecule has 1 atom stereocenters. The fourth-order valence-electron chi connectivity index (χ4n) is 1.77. The first kappa shape index (κ1) is 14.0. The maximum Gasteiger partial charge on any atom is 0.262 e. The molecule has 1 amide bonds. The van der Waals surface area contributed by atoms with Gasteiger partial charge in [-0.2, -0.15) is 16.6 Å². The van der Waals surface area contributed by atoms with Crippen molar-refractivity contribution in [3.05, 3.63) is 63.9 Å². The summed E-state index contributed by atoms with van der Waals surface area (Å²) in [4.78, 5) is 12.1. The maximum absolute atomic E-state index is 12.1. The normalized spacial score (nSPS) is 12.5. The smallest absolute Gasteiger partial charge is 0.262 e. The first-order valence-electron chi connectivity index (χ1n) is 6.20. The molecule has 0 spiro atoms. The largest absolute Gasteiger partial charge is 0.345 e. The van der Waals surface area contributed by atoms with Gasteiger partial charge in [-0.15, -0.1) is 0 Å². The molecule has 20 heavy (non-hydrogen) atoms. The van der Waals surface area contributed by atoms with Crippen molar-refractivity contribution in [3.63, 3.8) is 0 Å². The Balaban J connectivity index is 2.09. The molecule has 100 valence electrons. The average Bonchev–Trinajstić information content (AvgIpc) is 2.98. The number of carbonyl (C=O) groups excluding carboxylic acids is 1. The summed E-state index contributed by atoms with van der Waals surface area (Å²) in [6, 6.07) is 13.3. The van der Waals surface area contributed by atoms with Crippen LogP contribution in [0.2, 0.25) is 0 Å². The molecule has 2 rings (SSSR count). The van der Waals surface area contributed by atoms with Crippen molar-refractivity contribution in [2.45, 2.75) is 13.0 Å². The van der Waals surface area contributed by atoms with Crippen molar-refractivity contribution >= 4 is 23.3 Å². The third kappa shape index (κ3) is 3.56. The van der Waals surface area contributed by atoms with Gasteiger partial charge in [0.1, 0.15) is 11.6 Å². The maximum atomic E-state index is 12.1. The summed E-state index contributed by atoms with van der Waals surface area (Å²) in [5, 5.41) is 15.7. The summed E-state index contributed by atoms with van der Waals surface area (Å²) in [7, 11) is 0. The van der Waals surface area contributed by atoms with Crippen molar-refractivity contribution in [2.75, 3.05) is 0 Å². The van der Waals surface area contributed by atoms with E-state index in [1.165, 1.54) is 11.3 Å². The van der Waals surface area contributed by atoms with E-state index in [9.17, 15) is 4.79 Å². The van der Waals surface area contributed by atoms with Crippen LogP contribution in [0.25, 0.3) is 6.08 Å². The van der Waals surface area contributed by atoms with Gasteiger partial charge in [0, 0.05) is 0 Å². The molecule has 0 saturated carbocycles. The van der Waals surface area contributed by atoms with Gasteiger partial charge in [-0.3, -0.25) is 4.79 Å². The van der Waals surface area contributed by atoms with Crippen LogP contribution < -0.4 is 5.32 Å². The molecule has 1 heterocycles. The van der Waals surface area contributed by atoms with E-state index in [1.54, 1.807) is 6.08 Å². The Labute approximate surface area is 122 Å². The van der Waals surface area contributed by atoms with E-state index >= 15 is 0 Å². The number of nitrogens with zero attached hydrogens (tertiary/aromatic N) is 1. The number of hydrogen-bond acceptors (Lipinski definition) is 3. The van der Waals surface area contributed by atoms with Gasteiger partial charge in [-0.1, -0.05) is 30.3 Å². The second kappa shape index (κ2) is 6.69. The molecule has 0 saturated heterocycles. The molecule has 0 unspecified atom stereocenters. The Hall–Kier alpha value is -2.38. The molecule has 1 aromatic heterocycles. The van der Waals surface area contributed by atoms with E-state index < -0.39 is 0 Å². The molecular formula is C16H14N2OS. The van der Waals surface area contributed by atoms with Crippen molar-refractivity contribution in [1.29, 1.82) is 5.26 Å². The van der Waals surface area contributed by atoms with Gasteiger partial charge in [-0.25, -0.2) is 0 Å². The predicted molar refractivity (Wildman–Crippen MR) is 80.9 cm³/mol. The van der Waals surface area contributed by atoms with Gasteiger partial charge in [-0.05, 0) is 41.0 Å². The van der Waals surface area contributed by atoms with Gasteiger partial charge in [0.15, 0.2) is 0 Å². The van der Waals surface area contributed by atoms with Crippen LogP contribution in [0.3, 0.4) is 0 Å². The number of nitrogens with one attached hydrogen (secondary N) is 1. The predicted octanol–water partition coefficient (Wildman–Crippen LogP) is 3.53. The molecule has 0 fully saturated rings. The van der Waals surface area contributed by atoms with Gasteiger partial charge in [0.05, 0.1) is 6.04 Å². The lowest BCUT2D eigenvalue weighted by Gasteiger charge is -2.13. The summed E-state index contributed by atoms with van der Waals surface area (Å²) in [5.41, 5.74) is 1.99. The highest BCUT2D eigenvalue weighted by Crippen LogP contribution is 2.14. The van der Waals surface area contributed by atoms with Crippen LogP contribution in [0, 0.1) is 11.3 Å². The van der Waals surface area contributed by atoms with Crippen LogP contribution in [-0.2, 0) is 4.79 Å². The Morgan fingerprint density at radius 2 is 2.10 bits per heavy atom. The first-order chi connectivity index (χ1) is 9.70. The highest BCUT2D eigenvalue weighted by atomic mass is 32.1. The Morgan fingerprint density at radius 1 is 1.35 bits per heavy atom. The second-order valence-electron chi connectivity index (χ2n) is 4.33. The zero-order valence-electron chi connectivity index (χ0n) is 11.0. The van der Waals surface area contributed by atoms with E-state index in [1.807, 2.05) is 60.2 Å². The van der Waals surface area contributed by atoms with Crippen LogP contribution >= 0.6 is 11.3 Å². The standard InChI is InChI=1S/C16H14N2OS/c1-12(14-5-3-2-4-6-14)18-16(19)15(10-17)9-13-7-8-20-11-13/h2-9,11-12H,1H3,(H,18,19)/b15-9-/t12-/m0/s1. The molecule has 0 radical (unpaired) electrons. The second-order valence-corrected chi connectivity index (χ2v) is 5.11. The van der Waals surface area contributed by atoms with Gasteiger partial charge < -0.3 is 5.32 Å². The molecule has 2 aromatic rings. The van der Waals surface area contributed by atoms with Crippen molar-refractivity contribution in [3.8, 4) is 6.07 Å². The summed E-state index contributed by atoms with van der Waals surface area (Å²) in [6.45, 7) is 1.90. The molecule has 0 aliphatic rings. The van der Waals surface area contributed by atoms with E-state index in [4.69, 9.17) is 5.26 Å². The highest BCUT2D eigenvalue weighted by Gasteiger charge is 2.13. The van der Waals surface area contributed by atoms with Crippen molar-refractivity contribution < 1.29 is 4.79 Å². The van der Waals surface area contributed by atoms with Crippen molar-refractivity contribution in [2.24, 2.45) is 0 Å². The molecular weight excluding hydrogens is 268 g/mol. The molecule has 3 nitrogen and oxygen atoms in total. The monoisotopic (exact) mass is 282 g/mol. The zero-order valence-corrected chi connectivity index (χ0v) is 11.9. The quantitative estimate of drug-likeness (QED) is 0.689. The lowest BCUT2D eigenvalue weighted by Crippen LogP contribution is -2.27. The van der Waals surface area contributed by atoms with Crippen LogP contribution in [0.4, 0.5) is 0 Å². The minimum absolute atomic E-state index is 0.117.